The van der Waals surface area contributed by atoms with Crippen LogP contribution in [-0.2, 0) is 11.2 Å². The van der Waals surface area contributed by atoms with E-state index in [1.807, 2.05) is 4.90 Å². The molecule has 1 aliphatic heterocycles. The predicted molar refractivity (Wildman–Crippen MR) is 83.2 cm³/mol. The summed E-state index contributed by atoms with van der Waals surface area (Å²) in [6.45, 7) is 6.58. The van der Waals surface area contributed by atoms with Crippen LogP contribution in [0.15, 0.2) is 24.3 Å². The van der Waals surface area contributed by atoms with Gasteiger partial charge in [0.05, 0.1) is 0 Å². The number of carbonyl (C=O) groups is 1. The number of nitrogens with zero attached hydrogens (tertiary/aromatic N) is 2. The Hall–Kier alpha value is -1.06. The Labute approximate surface area is 126 Å². The third kappa shape index (κ3) is 4.50. The van der Waals surface area contributed by atoms with Gasteiger partial charge >= 0.3 is 0 Å². The number of carbonyl (C=O) groups excluding carboxylic acids is 1. The fourth-order valence-electron chi connectivity index (χ4n) is 2.62. The minimum atomic E-state index is 0.275. The molecule has 0 bridgehead atoms. The van der Waals surface area contributed by atoms with Gasteiger partial charge in [-0.2, -0.15) is 0 Å². The number of piperazine rings is 1. The monoisotopic (exact) mass is 294 g/mol. The smallest absolute Gasteiger partial charge is 0.222 e. The molecule has 0 atom stereocenters. The second-order valence-electron chi connectivity index (χ2n) is 5.40. The molecule has 0 radical (unpaired) electrons. The second-order valence-corrected chi connectivity index (χ2v) is 5.78. The van der Waals surface area contributed by atoms with Gasteiger partial charge in [0.2, 0.25) is 5.91 Å². The summed E-state index contributed by atoms with van der Waals surface area (Å²) in [6.07, 6.45) is 1.45. The van der Waals surface area contributed by atoms with Gasteiger partial charge in [-0.15, -0.1) is 11.6 Å². The normalized spacial score (nSPS) is 16.4. The molecule has 0 aliphatic carbocycles. The number of hydrogen-bond acceptors (Lipinski definition) is 2. The van der Waals surface area contributed by atoms with E-state index in [1.54, 1.807) is 0 Å². The molecule has 4 heteroatoms. The zero-order chi connectivity index (χ0) is 14.4. The number of alkyl halides is 1. The Morgan fingerprint density at radius 1 is 1.25 bits per heavy atom. The fraction of sp³-hybridized carbons (Fsp3) is 0.562. The van der Waals surface area contributed by atoms with Crippen molar-refractivity contribution in [3.63, 3.8) is 0 Å². The van der Waals surface area contributed by atoms with Crippen molar-refractivity contribution in [1.82, 2.24) is 9.80 Å². The Morgan fingerprint density at radius 2 is 2.00 bits per heavy atom. The van der Waals surface area contributed by atoms with Gasteiger partial charge in [0.25, 0.3) is 0 Å². The molecule has 20 heavy (non-hydrogen) atoms. The summed E-state index contributed by atoms with van der Waals surface area (Å²) >= 11 is 5.74. The van der Waals surface area contributed by atoms with Gasteiger partial charge in [0.15, 0.2) is 0 Å². The zero-order valence-corrected chi connectivity index (χ0v) is 12.9. The largest absolute Gasteiger partial charge is 0.340 e. The van der Waals surface area contributed by atoms with E-state index in [0.29, 0.717) is 12.3 Å². The molecule has 1 fully saturated rings. The van der Waals surface area contributed by atoms with Crippen LogP contribution in [0.3, 0.4) is 0 Å². The maximum atomic E-state index is 12.2. The van der Waals surface area contributed by atoms with E-state index in [1.165, 1.54) is 11.1 Å². The molecule has 0 unspecified atom stereocenters. The Kier molecular flexibility index (Phi) is 5.86. The highest BCUT2D eigenvalue weighted by molar-refractivity contribution is 6.18. The van der Waals surface area contributed by atoms with Gasteiger partial charge in [-0.3, -0.25) is 9.69 Å². The maximum absolute atomic E-state index is 12.2. The summed E-state index contributed by atoms with van der Waals surface area (Å²) < 4.78 is 0. The number of halogens is 1. The quantitative estimate of drug-likeness (QED) is 0.778. The topological polar surface area (TPSA) is 23.6 Å². The molecule has 110 valence electrons. The first kappa shape index (κ1) is 15.3. The van der Waals surface area contributed by atoms with Crippen LogP contribution in [0.1, 0.15) is 17.5 Å². The van der Waals surface area contributed by atoms with Gasteiger partial charge in [0, 0.05) is 45.0 Å². The van der Waals surface area contributed by atoms with E-state index in [0.717, 1.165) is 39.1 Å². The van der Waals surface area contributed by atoms with Gasteiger partial charge in [-0.05, 0) is 18.9 Å². The van der Waals surface area contributed by atoms with Crippen molar-refractivity contribution in [2.75, 3.05) is 38.6 Å². The van der Waals surface area contributed by atoms with Crippen molar-refractivity contribution >= 4 is 17.5 Å². The summed E-state index contributed by atoms with van der Waals surface area (Å²) in [4.78, 5) is 16.5. The summed E-state index contributed by atoms with van der Waals surface area (Å²) in [5.74, 6) is 0.943. The van der Waals surface area contributed by atoms with E-state index >= 15 is 0 Å². The molecule has 1 aromatic carbocycles. The number of rotatable bonds is 5. The molecule has 1 heterocycles. The van der Waals surface area contributed by atoms with Crippen molar-refractivity contribution < 1.29 is 4.79 Å². The van der Waals surface area contributed by atoms with Crippen LogP contribution in [0.25, 0.3) is 0 Å². The summed E-state index contributed by atoms with van der Waals surface area (Å²) in [5.41, 5.74) is 2.50. The molecular weight excluding hydrogens is 272 g/mol. The van der Waals surface area contributed by atoms with Gasteiger partial charge in [-0.1, -0.05) is 29.8 Å². The first-order valence-corrected chi connectivity index (χ1v) is 7.84. The number of hydrogen-bond donors (Lipinski definition) is 0. The summed E-state index contributed by atoms with van der Waals surface area (Å²) in [5, 5.41) is 0. The van der Waals surface area contributed by atoms with E-state index in [2.05, 4.69) is 36.1 Å². The van der Waals surface area contributed by atoms with Crippen LogP contribution in [-0.4, -0.2) is 54.3 Å². The van der Waals surface area contributed by atoms with E-state index < -0.39 is 0 Å². The molecule has 3 nitrogen and oxygen atoms in total. The van der Waals surface area contributed by atoms with Crippen LogP contribution in [0, 0.1) is 6.92 Å². The lowest BCUT2D eigenvalue weighted by atomic mass is 10.1. The maximum Gasteiger partial charge on any atom is 0.222 e. The van der Waals surface area contributed by atoms with Crippen molar-refractivity contribution in [3.05, 3.63) is 35.4 Å². The van der Waals surface area contributed by atoms with Crippen molar-refractivity contribution in [2.24, 2.45) is 0 Å². The highest BCUT2D eigenvalue weighted by Crippen LogP contribution is 2.09. The highest BCUT2D eigenvalue weighted by Gasteiger charge is 2.20. The SMILES string of the molecule is Cc1cccc(CCC(=O)N2CCN(CCCl)CC2)c1. The van der Waals surface area contributed by atoms with Crippen molar-refractivity contribution in [1.29, 1.82) is 0 Å². The zero-order valence-electron chi connectivity index (χ0n) is 12.1. The van der Waals surface area contributed by atoms with Crippen LogP contribution in [0.4, 0.5) is 0 Å². The molecule has 0 spiro atoms. The van der Waals surface area contributed by atoms with Crippen LogP contribution >= 0.6 is 11.6 Å². The summed E-state index contributed by atoms with van der Waals surface area (Å²) in [7, 11) is 0. The minimum absolute atomic E-state index is 0.275. The molecular formula is C16H23ClN2O. The highest BCUT2D eigenvalue weighted by atomic mass is 35.5. The fourth-order valence-corrected chi connectivity index (χ4v) is 2.86. The average Bonchev–Trinajstić information content (AvgIpc) is 2.46. The molecule has 0 N–H and O–H groups in total. The van der Waals surface area contributed by atoms with E-state index in [9.17, 15) is 4.79 Å². The molecule has 0 saturated carbocycles. The molecule has 2 rings (SSSR count). The molecule has 1 aromatic rings. The lowest BCUT2D eigenvalue weighted by Gasteiger charge is -2.34. The van der Waals surface area contributed by atoms with Crippen molar-refractivity contribution in [2.45, 2.75) is 19.8 Å². The third-order valence-corrected chi connectivity index (χ3v) is 4.00. The molecule has 1 aliphatic rings. The summed E-state index contributed by atoms with van der Waals surface area (Å²) in [6, 6.07) is 8.39. The lowest BCUT2D eigenvalue weighted by molar-refractivity contribution is -0.132. The van der Waals surface area contributed by atoms with E-state index in [4.69, 9.17) is 11.6 Å². The number of amides is 1. The Balaban J connectivity index is 1.76. The van der Waals surface area contributed by atoms with E-state index in [-0.39, 0.29) is 5.91 Å². The predicted octanol–water partition coefficient (Wildman–Crippen LogP) is 2.31. The standard InChI is InChI=1S/C16H23ClN2O/c1-14-3-2-4-15(13-14)5-6-16(20)19-11-9-18(8-7-17)10-12-19/h2-4,13H,5-12H2,1H3. The van der Waals surface area contributed by atoms with Crippen LogP contribution < -0.4 is 0 Å². The van der Waals surface area contributed by atoms with Gasteiger partial charge in [0.1, 0.15) is 0 Å². The molecule has 1 amide bonds. The Bertz CT molecular complexity index is 442. The van der Waals surface area contributed by atoms with Gasteiger partial charge in [-0.25, -0.2) is 0 Å². The number of aryl methyl sites for hydroxylation is 2. The first-order valence-electron chi connectivity index (χ1n) is 7.30. The third-order valence-electron chi connectivity index (χ3n) is 3.84. The molecule has 0 aromatic heterocycles. The lowest BCUT2D eigenvalue weighted by Crippen LogP contribution is -2.49. The first-order chi connectivity index (χ1) is 9.69. The second kappa shape index (κ2) is 7.65. The minimum Gasteiger partial charge on any atom is -0.340 e. The van der Waals surface area contributed by atoms with Gasteiger partial charge < -0.3 is 4.90 Å². The van der Waals surface area contributed by atoms with Crippen molar-refractivity contribution in [3.8, 4) is 0 Å². The molecule has 1 saturated heterocycles. The van der Waals surface area contributed by atoms with Crippen LogP contribution in [0.2, 0.25) is 0 Å². The van der Waals surface area contributed by atoms with Crippen LogP contribution in [0.5, 0.6) is 0 Å². The average molecular weight is 295 g/mol. The Morgan fingerprint density at radius 3 is 2.65 bits per heavy atom. The number of benzene rings is 1.